The van der Waals surface area contributed by atoms with Crippen molar-refractivity contribution in [1.29, 1.82) is 0 Å². The third-order valence-electron chi connectivity index (χ3n) is 5.22. The fourth-order valence-electron chi connectivity index (χ4n) is 3.97. The highest BCUT2D eigenvalue weighted by atomic mass is 35.5. The number of nitrogens with one attached hydrogen (secondary N) is 1. The number of halogens is 1. The van der Waals surface area contributed by atoms with E-state index in [4.69, 9.17) is 14.2 Å². The molecule has 0 saturated heterocycles. The Labute approximate surface area is 189 Å². The topological polar surface area (TPSA) is 64.9 Å². The summed E-state index contributed by atoms with van der Waals surface area (Å²) in [7, 11) is 0. The van der Waals surface area contributed by atoms with Crippen LogP contribution in [0.5, 0.6) is 23.0 Å². The lowest BCUT2D eigenvalue weighted by atomic mass is 10.0. The van der Waals surface area contributed by atoms with E-state index in [-0.39, 0.29) is 24.2 Å². The summed E-state index contributed by atoms with van der Waals surface area (Å²) in [5, 5.41) is 14.5. The van der Waals surface area contributed by atoms with Crippen LogP contribution >= 0.6 is 0 Å². The van der Waals surface area contributed by atoms with E-state index < -0.39 is 0 Å². The molecule has 2 heterocycles. The number of phenolic OH excluding ortho intramolecular Hbond substituents is 1. The first kappa shape index (κ1) is 22.8. The summed E-state index contributed by atoms with van der Waals surface area (Å²) in [4.78, 5) is 0. The first-order valence-corrected chi connectivity index (χ1v) is 10.5. The monoisotopic (exact) mass is 443 g/mol. The van der Waals surface area contributed by atoms with Gasteiger partial charge in [0.25, 0.3) is 0 Å². The number of para-hydroxylation sites is 1. The summed E-state index contributed by atoms with van der Waals surface area (Å²) >= 11 is 0. The zero-order valence-corrected chi connectivity index (χ0v) is 18.8. The van der Waals surface area contributed by atoms with Gasteiger partial charge in [-0.2, -0.15) is 0 Å². The molecule has 0 amide bonds. The van der Waals surface area contributed by atoms with Crippen molar-refractivity contribution in [1.82, 2.24) is 9.88 Å². The van der Waals surface area contributed by atoms with Crippen LogP contribution in [-0.4, -0.2) is 29.5 Å². The van der Waals surface area contributed by atoms with Gasteiger partial charge in [-0.05, 0) is 50.6 Å². The molecule has 31 heavy (non-hydrogen) atoms. The van der Waals surface area contributed by atoms with Crippen LogP contribution in [0.15, 0.2) is 48.7 Å². The molecule has 6 nitrogen and oxygen atoms in total. The number of hydrogen-bond acceptors (Lipinski definition) is 5. The van der Waals surface area contributed by atoms with E-state index in [1.807, 2.05) is 57.3 Å². The average Bonchev–Trinajstić information content (AvgIpc) is 3.17. The highest BCUT2D eigenvalue weighted by molar-refractivity contribution is 5.57. The maximum Gasteiger partial charge on any atom is 0.163 e. The Bertz CT molecular complexity index is 1030. The van der Waals surface area contributed by atoms with E-state index in [9.17, 15) is 5.11 Å². The normalized spacial score (nSPS) is 14.6. The smallest absolute Gasteiger partial charge is 0.163 e. The van der Waals surface area contributed by atoms with Crippen molar-refractivity contribution < 1.29 is 31.7 Å². The Morgan fingerprint density at radius 2 is 1.61 bits per heavy atom. The molecule has 1 aliphatic rings. The molecular formula is C24H28ClN2O4-. The third kappa shape index (κ3) is 4.31. The van der Waals surface area contributed by atoms with Crippen molar-refractivity contribution in [3.05, 3.63) is 65.5 Å². The lowest BCUT2D eigenvalue weighted by molar-refractivity contribution is -0.00000839. The molecule has 0 saturated carbocycles. The van der Waals surface area contributed by atoms with E-state index in [2.05, 4.69) is 16.0 Å². The van der Waals surface area contributed by atoms with Crippen molar-refractivity contribution >= 4 is 0 Å². The number of hydrogen-bond donors (Lipinski definition) is 2. The predicted octanol–water partition coefficient (Wildman–Crippen LogP) is 1.58. The van der Waals surface area contributed by atoms with E-state index in [0.29, 0.717) is 32.1 Å². The first-order chi connectivity index (χ1) is 14.7. The number of rotatable bonds is 7. The number of benzene rings is 2. The van der Waals surface area contributed by atoms with Gasteiger partial charge in [0.05, 0.1) is 31.5 Å². The van der Waals surface area contributed by atoms with Crippen molar-refractivity contribution in [2.75, 3.05) is 19.8 Å². The number of aromatic hydroxyl groups is 1. The molecule has 3 aromatic rings. The van der Waals surface area contributed by atoms with Crippen LogP contribution in [0.4, 0.5) is 0 Å². The second-order valence-corrected chi connectivity index (χ2v) is 7.04. The third-order valence-corrected chi connectivity index (χ3v) is 5.22. The lowest BCUT2D eigenvalue weighted by Gasteiger charge is -2.20. The molecule has 1 aromatic heterocycles. The second kappa shape index (κ2) is 9.98. The minimum absolute atomic E-state index is 0. The molecular weight excluding hydrogens is 416 g/mol. The minimum Gasteiger partial charge on any atom is -1.00 e. The summed E-state index contributed by atoms with van der Waals surface area (Å²) in [6, 6.07) is 13.6. The van der Waals surface area contributed by atoms with E-state index in [1.54, 1.807) is 6.07 Å². The molecule has 0 bridgehead atoms. The highest BCUT2D eigenvalue weighted by Crippen LogP contribution is 2.41. The predicted molar refractivity (Wildman–Crippen MR) is 116 cm³/mol. The lowest BCUT2D eigenvalue weighted by Crippen LogP contribution is -3.00. The van der Waals surface area contributed by atoms with Crippen LogP contribution in [0.3, 0.4) is 0 Å². The Morgan fingerprint density at radius 1 is 0.935 bits per heavy atom. The Morgan fingerprint density at radius 3 is 2.32 bits per heavy atom. The quantitative estimate of drug-likeness (QED) is 0.580. The maximum absolute atomic E-state index is 10.9. The van der Waals surface area contributed by atoms with Crippen LogP contribution in [0.25, 0.3) is 5.69 Å². The van der Waals surface area contributed by atoms with Gasteiger partial charge in [0.2, 0.25) is 0 Å². The van der Waals surface area contributed by atoms with E-state index in [1.165, 1.54) is 0 Å². The molecule has 2 N–H and O–H groups in total. The van der Waals surface area contributed by atoms with E-state index >= 15 is 0 Å². The van der Waals surface area contributed by atoms with Gasteiger partial charge in [-0.3, -0.25) is 0 Å². The van der Waals surface area contributed by atoms with Crippen LogP contribution in [0.1, 0.15) is 43.6 Å². The molecule has 1 atom stereocenters. The van der Waals surface area contributed by atoms with Crippen molar-refractivity contribution in [2.45, 2.75) is 33.4 Å². The zero-order chi connectivity index (χ0) is 21.1. The standard InChI is InChI=1S/C24H28N2O4.ClH/c1-4-28-20-11-7-9-17(24(20)27)23-18-10-8-12-26(18)19-14-22(30-6-3)21(29-5-2)13-16(19)15-25-23;/h7-14,23,25,27H,4-6,15H2,1-3H3;1H/p-1. The van der Waals surface area contributed by atoms with Crippen LogP contribution in [0, 0.1) is 0 Å². The minimum atomic E-state index is -0.195. The number of phenols is 1. The molecule has 0 fully saturated rings. The van der Waals surface area contributed by atoms with Gasteiger partial charge in [-0.1, -0.05) is 12.1 Å². The van der Waals surface area contributed by atoms with Crippen LogP contribution in [-0.2, 0) is 6.54 Å². The fourth-order valence-corrected chi connectivity index (χ4v) is 3.97. The Balaban J connectivity index is 0.00000272. The van der Waals surface area contributed by atoms with Gasteiger partial charge in [-0.25, -0.2) is 0 Å². The average molecular weight is 444 g/mol. The van der Waals surface area contributed by atoms with Crippen molar-refractivity contribution in [3.63, 3.8) is 0 Å². The second-order valence-electron chi connectivity index (χ2n) is 7.04. The van der Waals surface area contributed by atoms with Crippen LogP contribution in [0.2, 0.25) is 0 Å². The summed E-state index contributed by atoms with van der Waals surface area (Å²) in [5.41, 5.74) is 3.95. The number of aromatic nitrogens is 1. The molecule has 4 rings (SSSR count). The first-order valence-electron chi connectivity index (χ1n) is 10.5. The van der Waals surface area contributed by atoms with Gasteiger partial charge in [-0.15, -0.1) is 0 Å². The van der Waals surface area contributed by atoms with Gasteiger partial charge in [0.1, 0.15) is 0 Å². The zero-order valence-electron chi connectivity index (χ0n) is 18.0. The molecule has 0 radical (unpaired) electrons. The molecule has 7 heteroatoms. The largest absolute Gasteiger partial charge is 1.00 e. The number of fused-ring (bicyclic) bond motifs is 3. The van der Waals surface area contributed by atoms with Gasteiger partial charge >= 0.3 is 0 Å². The molecule has 0 spiro atoms. The number of nitrogens with zero attached hydrogens (tertiary/aromatic N) is 1. The molecule has 1 unspecified atom stereocenters. The molecule has 2 aromatic carbocycles. The fraction of sp³-hybridized carbons (Fsp3) is 0.333. The molecule has 166 valence electrons. The summed E-state index contributed by atoms with van der Waals surface area (Å²) in [5.74, 6) is 2.14. The van der Waals surface area contributed by atoms with Crippen molar-refractivity contribution in [3.8, 4) is 28.7 Å². The van der Waals surface area contributed by atoms with Crippen LogP contribution < -0.4 is 31.9 Å². The van der Waals surface area contributed by atoms with Gasteiger partial charge in [0.15, 0.2) is 23.0 Å². The highest BCUT2D eigenvalue weighted by Gasteiger charge is 2.27. The van der Waals surface area contributed by atoms with Gasteiger partial charge in [0, 0.05) is 30.1 Å². The van der Waals surface area contributed by atoms with Gasteiger partial charge < -0.3 is 41.6 Å². The summed E-state index contributed by atoms with van der Waals surface area (Å²) < 4.78 is 19.4. The number of ether oxygens (including phenoxy) is 3. The summed E-state index contributed by atoms with van der Waals surface area (Å²) in [6.45, 7) is 8.09. The van der Waals surface area contributed by atoms with E-state index in [0.717, 1.165) is 34.0 Å². The Kier molecular flexibility index (Phi) is 7.36. The van der Waals surface area contributed by atoms with Crippen molar-refractivity contribution in [2.24, 2.45) is 0 Å². The maximum atomic E-state index is 10.9. The molecule has 1 aliphatic heterocycles. The molecule has 0 aliphatic carbocycles. The Hall–Kier alpha value is -2.83. The summed E-state index contributed by atoms with van der Waals surface area (Å²) in [6.07, 6.45) is 2.04. The SMILES string of the molecule is CCOc1cc2c(cc1OCC)-n1cccc1C(c1cccc(OCC)c1O)NC2.[Cl-].